The van der Waals surface area contributed by atoms with Gasteiger partial charge in [0.1, 0.15) is 11.3 Å². The normalized spacial score (nSPS) is 14.2. The first kappa shape index (κ1) is 16.1. The number of ether oxygens (including phenoxy) is 1. The van der Waals surface area contributed by atoms with Crippen LogP contribution in [0.2, 0.25) is 0 Å². The van der Waals surface area contributed by atoms with E-state index in [0.29, 0.717) is 25.6 Å². The lowest BCUT2D eigenvalue weighted by atomic mass is 10.0. The number of phenolic OH excluding ortho intramolecular Hbond substituents is 1. The molecule has 1 aliphatic rings. The summed E-state index contributed by atoms with van der Waals surface area (Å²) < 4.78 is 7.80. The maximum Gasteiger partial charge on any atom is 0.245 e. The van der Waals surface area contributed by atoms with Gasteiger partial charge >= 0.3 is 0 Å². The first-order valence-corrected chi connectivity index (χ1v) is 8.30. The minimum Gasteiger partial charge on any atom is -0.508 e. The van der Waals surface area contributed by atoms with Gasteiger partial charge in [-0.2, -0.15) is 0 Å². The Morgan fingerprint density at radius 3 is 2.85 bits per heavy atom. The molecule has 0 bridgehead atoms. The Morgan fingerprint density at radius 2 is 2.12 bits per heavy atom. The quantitative estimate of drug-likeness (QED) is 0.713. The number of likely N-dealkylation sites (tertiary alicyclic amines) is 1. The fraction of sp³-hybridized carbons (Fsp3) is 0.211. The van der Waals surface area contributed by atoms with Gasteiger partial charge in [-0.05, 0) is 30.3 Å². The van der Waals surface area contributed by atoms with Crippen LogP contribution in [0.3, 0.4) is 0 Å². The summed E-state index contributed by atoms with van der Waals surface area (Å²) in [6.45, 7) is 5.31. The predicted octanol–water partition coefficient (Wildman–Crippen LogP) is 2.13. The molecule has 132 valence electrons. The summed E-state index contributed by atoms with van der Waals surface area (Å²) in [5.41, 5.74) is 2.38. The van der Waals surface area contributed by atoms with Crippen LogP contribution in [-0.2, 0) is 4.79 Å². The van der Waals surface area contributed by atoms with E-state index in [-0.39, 0.29) is 17.6 Å². The molecule has 4 rings (SSSR count). The topological polar surface area (TPSA) is 80.0 Å². The molecule has 1 amide bonds. The van der Waals surface area contributed by atoms with Gasteiger partial charge in [-0.3, -0.25) is 9.20 Å². The third-order valence-electron chi connectivity index (χ3n) is 4.43. The molecular weight excluding hydrogens is 332 g/mol. The summed E-state index contributed by atoms with van der Waals surface area (Å²) in [6.07, 6.45) is 6.60. The number of rotatable bonds is 5. The van der Waals surface area contributed by atoms with Crippen molar-refractivity contribution in [2.75, 3.05) is 19.7 Å². The van der Waals surface area contributed by atoms with Gasteiger partial charge in [0.25, 0.3) is 0 Å². The van der Waals surface area contributed by atoms with Gasteiger partial charge in [0.05, 0.1) is 24.8 Å². The van der Waals surface area contributed by atoms with Crippen molar-refractivity contribution in [3.63, 3.8) is 0 Å². The van der Waals surface area contributed by atoms with Crippen LogP contribution < -0.4 is 4.74 Å². The number of aromatic nitrogens is 3. The average molecular weight is 350 g/mol. The van der Waals surface area contributed by atoms with E-state index < -0.39 is 0 Å². The molecule has 3 heterocycles. The predicted molar refractivity (Wildman–Crippen MR) is 95.8 cm³/mol. The molecule has 1 fully saturated rings. The number of aromatic hydroxyl groups is 1. The van der Waals surface area contributed by atoms with Gasteiger partial charge < -0.3 is 14.7 Å². The van der Waals surface area contributed by atoms with E-state index in [1.165, 1.54) is 6.08 Å². The number of nitrogens with zero attached hydrogens (tertiary/aromatic N) is 4. The molecular formula is C19H18N4O3. The van der Waals surface area contributed by atoms with Gasteiger partial charge in [0.15, 0.2) is 0 Å². The maximum atomic E-state index is 11.5. The molecule has 1 N–H and O–H groups in total. The van der Waals surface area contributed by atoms with Crippen molar-refractivity contribution in [1.29, 1.82) is 0 Å². The third kappa shape index (κ3) is 2.99. The fourth-order valence-corrected chi connectivity index (χ4v) is 2.96. The number of hydrogen-bond donors (Lipinski definition) is 1. The summed E-state index contributed by atoms with van der Waals surface area (Å²) >= 11 is 0. The van der Waals surface area contributed by atoms with Crippen molar-refractivity contribution >= 4 is 11.4 Å². The Bertz CT molecular complexity index is 959. The van der Waals surface area contributed by atoms with E-state index >= 15 is 0 Å². The monoisotopic (exact) mass is 350 g/mol. The number of amides is 1. The molecule has 3 aromatic rings. The third-order valence-corrected chi connectivity index (χ3v) is 4.43. The van der Waals surface area contributed by atoms with Crippen molar-refractivity contribution in [3.05, 3.63) is 55.6 Å². The average Bonchev–Trinajstić information content (AvgIpc) is 3.09. The highest BCUT2D eigenvalue weighted by atomic mass is 16.5. The molecule has 0 atom stereocenters. The van der Waals surface area contributed by atoms with E-state index in [1.807, 2.05) is 10.6 Å². The molecule has 0 saturated carbocycles. The maximum absolute atomic E-state index is 11.5. The summed E-state index contributed by atoms with van der Waals surface area (Å²) in [4.78, 5) is 22.0. The number of benzene rings is 1. The summed E-state index contributed by atoms with van der Waals surface area (Å²) in [6, 6.07) is 6.84. The Labute approximate surface area is 150 Å². The van der Waals surface area contributed by atoms with Crippen LogP contribution in [-0.4, -0.2) is 50.0 Å². The van der Waals surface area contributed by atoms with Crippen LogP contribution in [0.5, 0.6) is 11.6 Å². The fourth-order valence-electron chi connectivity index (χ4n) is 2.96. The summed E-state index contributed by atoms with van der Waals surface area (Å²) in [5.74, 6) is 0.937. The second kappa shape index (κ2) is 6.51. The first-order valence-electron chi connectivity index (χ1n) is 8.30. The molecule has 26 heavy (non-hydrogen) atoms. The molecule has 1 aliphatic heterocycles. The number of imidazole rings is 1. The lowest BCUT2D eigenvalue weighted by molar-refractivity contribution is -0.132. The van der Waals surface area contributed by atoms with Crippen molar-refractivity contribution < 1.29 is 14.6 Å². The molecule has 1 saturated heterocycles. The highest BCUT2D eigenvalue weighted by Gasteiger charge is 2.30. The van der Waals surface area contributed by atoms with Crippen LogP contribution in [0.15, 0.2) is 55.6 Å². The van der Waals surface area contributed by atoms with Crippen LogP contribution in [0, 0.1) is 5.92 Å². The minimum absolute atomic E-state index is 0.0492. The minimum atomic E-state index is -0.0492. The van der Waals surface area contributed by atoms with E-state index in [9.17, 15) is 9.90 Å². The number of hydrogen-bond acceptors (Lipinski definition) is 5. The molecule has 2 aromatic heterocycles. The van der Waals surface area contributed by atoms with Gasteiger partial charge in [-0.25, -0.2) is 9.97 Å². The number of fused-ring (bicyclic) bond motifs is 1. The van der Waals surface area contributed by atoms with Gasteiger partial charge in [-0.1, -0.05) is 6.58 Å². The molecule has 7 nitrogen and oxygen atoms in total. The molecule has 7 heteroatoms. The van der Waals surface area contributed by atoms with Crippen LogP contribution in [0.25, 0.3) is 16.8 Å². The SMILES string of the molecule is C=CC(=O)N1CC(COc2nc(-c3ccc(O)cc3)cn3cncc23)C1. The van der Waals surface area contributed by atoms with Crippen molar-refractivity contribution in [1.82, 2.24) is 19.3 Å². The Morgan fingerprint density at radius 1 is 1.35 bits per heavy atom. The van der Waals surface area contributed by atoms with Crippen LogP contribution in [0.1, 0.15) is 0 Å². The molecule has 1 aromatic carbocycles. The molecule has 0 unspecified atom stereocenters. The van der Waals surface area contributed by atoms with Crippen LogP contribution in [0.4, 0.5) is 0 Å². The second-order valence-electron chi connectivity index (χ2n) is 6.29. The van der Waals surface area contributed by atoms with Gasteiger partial charge in [-0.15, -0.1) is 0 Å². The standard InChI is InChI=1S/C19H18N4O3/c1-2-18(25)22-8-13(9-22)11-26-19-17-7-20-12-23(17)10-16(21-19)14-3-5-15(24)6-4-14/h2-7,10,12-13,24H,1,8-9,11H2. The zero-order valence-corrected chi connectivity index (χ0v) is 14.1. The second-order valence-corrected chi connectivity index (χ2v) is 6.29. The van der Waals surface area contributed by atoms with Gasteiger partial charge in [0.2, 0.25) is 11.8 Å². The van der Waals surface area contributed by atoms with E-state index in [2.05, 4.69) is 16.5 Å². The lowest BCUT2D eigenvalue weighted by Gasteiger charge is -2.38. The zero-order valence-electron chi connectivity index (χ0n) is 14.1. The van der Waals surface area contributed by atoms with Crippen molar-refractivity contribution in [2.45, 2.75) is 0 Å². The highest BCUT2D eigenvalue weighted by Crippen LogP contribution is 2.26. The Kier molecular flexibility index (Phi) is 4.04. The Balaban J connectivity index is 1.53. The first-order chi connectivity index (χ1) is 12.6. The summed E-state index contributed by atoms with van der Waals surface area (Å²) in [7, 11) is 0. The molecule has 0 spiro atoms. The van der Waals surface area contributed by atoms with E-state index in [1.54, 1.807) is 41.7 Å². The number of carbonyl (C=O) groups is 1. The molecule has 0 radical (unpaired) electrons. The Hall–Kier alpha value is -3.35. The highest BCUT2D eigenvalue weighted by molar-refractivity contribution is 5.87. The van der Waals surface area contributed by atoms with Gasteiger partial charge in [0, 0.05) is 30.8 Å². The van der Waals surface area contributed by atoms with Crippen LogP contribution >= 0.6 is 0 Å². The number of phenols is 1. The van der Waals surface area contributed by atoms with E-state index in [0.717, 1.165) is 16.8 Å². The van der Waals surface area contributed by atoms with Crippen molar-refractivity contribution in [3.8, 4) is 22.9 Å². The number of carbonyl (C=O) groups excluding carboxylic acids is 1. The summed E-state index contributed by atoms with van der Waals surface area (Å²) in [5, 5.41) is 9.46. The lowest BCUT2D eigenvalue weighted by Crippen LogP contribution is -2.51. The van der Waals surface area contributed by atoms with E-state index in [4.69, 9.17) is 4.74 Å². The van der Waals surface area contributed by atoms with Crippen molar-refractivity contribution in [2.24, 2.45) is 5.92 Å². The smallest absolute Gasteiger partial charge is 0.245 e. The molecule has 0 aliphatic carbocycles. The zero-order chi connectivity index (χ0) is 18.1. The largest absolute Gasteiger partial charge is 0.508 e.